The molecule has 0 aliphatic heterocycles. The van der Waals surface area contributed by atoms with Gasteiger partial charge in [-0.1, -0.05) is 60.6 Å². The van der Waals surface area contributed by atoms with Crippen LogP contribution in [0.15, 0.2) is 24.3 Å². The third kappa shape index (κ3) is 4.99. The van der Waals surface area contributed by atoms with Crippen molar-refractivity contribution in [3.8, 4) is 0 Å². The molecule has 1 aromatic rings. The van der Waals surface area contributed by atoms with Crippen LogP contribution in [-0.2, 0) is 16.1 Å². The summed E-state index contributed by atoms with van der Waals surface area (Å²) in [5.74, 6) is 0.145. The predicted molar refractivity (Wildman–Crippen MR) is 107 cm³/mol. The summed E-state index contributed by atoms with van der Waals surface area (Å²) in [6.07, 6.45) is 1.87. The minimum Gasteiger partial charge on any atom is -0.460 e. The molecule has 0 aliphatic carbocycles. The zero-order valence-corrected chi connectivity index (χ0v) is 17.4. The van der Waals surface area contributed by atoms with Gasteiger partial charge in [-0.25, -0.2) is 0 Å². The lowest BCUT2D eigenvalue weighted by Gasteiger charge is -2.45. The van der Waals surface area contributed by atoms with E-state index in [0.29, 0.717) is 12.6 Å². The van der Waals surface area contributed by atoms with E-state index in [1.54, 1.807) is 0 Å². The summed E-state index contributed by atoms with van der Waals surface area (Å²) in [5.41, 5.74) is 1.51. The van der Waals surface area contributed by atoms with Crippen molar-refractivity contribution >= 4 is 11.7 Å². The Hall–Kier alpha value is -1.51. The first kappa shape index (κ1) is 21.5. The second-order valence-corrected chi connectivity index (χ2v) is 8.46. The fourth-order valence-corrected chi connectivity index (χ4v) is 3.85. The number of ether oxygens (including phenoxy) is 1. The molecule has 0 saturated heterocycles. The summed E-state index contributed by atoms with van der Waals surface area (Å²) >= 11 is 0. The van der Waals surface area contributed by atoms with Gasteiger partial charge in [0, 0.05) is 11.7 Å². The molecule has 0 heterocycles. The van der Waals surface area contributed by atoms with E-state index in [2.05, 4.69) is 72.8 Å². The number of nitrogens with one attached hydrogen (secondary N) is 1. The van der Waals surface area contributed by atoms with Crippen LogP contribution in [0.2, 0.25) is 0 Å². The highest BCUT2D eigenvalue weighted by atomic mass is 16.5. The number of anilines is 1. The molecule has 0 aromatic heterocycles. The van der Waals surface area contributed by atoms with E-state index in [9.17, 15) is 4.79 Å². The fourth-order valence-electron chi connectivity index (χ4n) is 3.85. The molecule has 0 fully saturated rings. The SMILES string of the molecule is CCC(C)Nc1ccc(COC(=O)C(CC)(C(C)C)C(C)(C)C)cc1. The van der Waals surface area contributed by atoms with Crippen molar-refractivity contribution in [3.63, 3.8) is 0 Å². The van der Waals surface area contributed by atoms with Crippen molar-refractivity contribution in [1.29, 1.82) is 0 Å². The van der Waals surface area contributed by atoms with E-state index >= 15 is 0 Å². The van der Waals surface area contributed by atoms with Gasteiger partial charge in [0.15, 0.2) is 0 Å². The largest absolute Gasteiger partial charge is 0.460 e. The second-order valence-electron chi connectivity index (χ2n) is 8.46. The molecule has 0 amide bonds. The molecule has 0 radical (unpaired) electrons. The van der Waals surface area contributed by atoms with Crippen LogP contribution < -0.4 is 5.32 Å². The molecule has 3 nitrogen and oxygen atoms in total. The Balaban J connectivity index is 2.80. The molecule has 0 aliphatic rings. The normalized spacial score (nSPS) is 15.6. The molecule has 2 atom stereocenters. The number of esters is 1. The van der Waals surface area contributed by atoms with Gasteiger partial charge < -0.3 is 10.1 Å². The van der Waals surface area contributed by atoms with Crippen LogP contribution in [0.25, 0.3) is 0 Å². The summed E-state index contributed by atoms with van der Waals surface area (Å²) in [6, 6.07) is 8.60. The molecule has 142 valence electrons. The summed E-state index contributed by atoms with van der Waals surface area (Å²) < 4.78 is 5.76. The van der Waals surface area contributed by atoms with E-state index in [4.69, 9.17) is 4.74 Å². The molecule has 0 spiro atoms. The van der Waals surface area contributed by atoms with Crippen LogP contribution in [-0.4, -0.2) is 12.0 Å². The molecule has 2 unspecified atom stereocenters. The lowest BCUT2D eigenvalue weighted by molar-refractivity contribution is -0.170. The van der Waals surface area contributed by atoms with Crippen molar-refractivity contribution in [2.24, 2.45) is 16.7 Å². The number of carbonyl (C=O) groups excluding carboxylic acids is 1. The summed E-state index contributed by atoms with van der Waals surface area (Å²) in [7, 11) is 0. The Morgan fingerprint density at radius 3 is 2.04 bits per heavy atom. The topological polar surface area (TPSA) is 38.3 Å². The van der Waals surface area contributed by atoms with E-state index in [-0.39, 0.29) is 17.3 Å². The minimum absolute atomic E-state index is 0.0840. The average Bonchev–Trinajstić information content (AvgIpc) is 2.53. The van der Waals surface area contributed by atoms with E-state index < -0.39 is 5.41 Å². The Morgan fingerprint density at radius 2 is 1.64 bits per heavy atom. The molecule has 0 saturated carbocycles. The Kier molecular flexibility index (Phi) is 7.52. The van der Waals surface area contributed by atoms with Crippen LogP contribution in [0, 0.1) is 16.7 Å². The standard InChI is InChI=1S/C22H37NO2/c1-9-17(5)23-19-13-11-18(12-14-19)15-25-20(24)22(10-2,16(3)4)21(6,7)8/h11-14,16-17,23H,9-10,15H2,1-8H3. The van der Waals surface area contributed by atoms with Crippen LogP contribution in [0.3, 0.4) is 0 Å². The molecular formula is C22H37NO2. The maximum absolute atomic E-state index is 13.0. The zero-order valence-electron chi connectivity index (χ0n) is 17.4. The maximum Gasteiger partial charge on any atom is 0.313 e. The van der Waals surface area contributed by atoms with Gasteiger partial charge in [-0.15, -0.1) is 0 Å². The van der Waals surface area contributed by atoms with Crippen LogP contribution in [0.4, 0.5) is 5.69 Å². The molecule has 1 aromatic carbocycles. The van der Waals surface area contributed by atoms with Gasteiger partial charge in [0.2, 0.25) is 0 Å². The molecular weight excluding hydrogens is 310 g/mol. The van der Waals surface area contributed by atoms with Crippen molar-refractivity contribution in [3.05, 3.63) is 29.8 Å². The van der Waals surface area contributed by atoms with Gasteiger partial charge in [-0.3, -0.25) is 4.79 Å². The molecule has 0 bridgehead atoms. The van der Waals surface area contributed by atoms with Crippen molar-refractivity contribution in [2.45, 2.75) is 80.9 Å². The molecule has 1 N–H and O–H groups in total. The first-order valence-corrected chi connectivity index (χ1v) is 9.61. The van der Waals surface area contributed by atoms with Gasteiger partial charge in [0.25, 0.3) is 0 Å². The molecule has 3 heteroatoms. The first-order valence-electron chi connectivity index (χ1n) is 9.61. The smallest absolute Gasteiger partial charge is 0.313 e. The van der Waals surface area contributed by atoms with Gasteiger partial charge in [0.1, 0.15) is 6.61 Å². The van der Waals surface area contributed by atoms with Crippen molar-refractivity contribution in [1.82, 2.24) is 0 Å². The average molecular weight is 348 g/mol. The predicted octanol–water partition coefficient (Wildman–Crippen LogP) is 6.04. The lowest BCUT2D eigenvalue weighted by Crippen LogP contribution is -2.47. The third-order valence-electron chi connectivity index (χ3n) is 5.60. The van der Waals surface area contributed by atoms with Gasteiger partial charge in [-0.2, -0.15) is 0 Å². The minimum atomic E-state index is -0.467. The first-order chi connectivity index (χ1) is 11.6. The monoisotopic (exact) mass is 347 g/mol. The number of rotatable bonds is 8. The Labute approximate surface area is 154 Å². The van der Waals surface area contributed by atoms with Gasteiger partial charge in [-0.05, 0) is 48.8 Å². The van der Waals surface area contributed by atoms with Crippen molar-refractivity contribution < 1.29 is 9.53 Å². The van der Waals surface area contributed by atoms with Crippen molar-refractivity contribution in [2.75, 3.05) is 5.32 Å². The highest BCUT2D eigenvalue weighted by Crippen LogP contribution is 2.48. The summed E-state index contributed by atoms with van der Waals surface area (Å²) in [6.45, 7) is 17.4. The second kappa shape index (κ2) is 8.73. The Bertz CT molecular complexity index is 542. The summed E-state index contributed by atoms with van der Waals surface area (Å²) in [4.78, 5) is 13.0. The fraction of sp³-hybridized carbons (Fsp3) is 0.682. The third-order valence-corrected chi connectivity index (χ3v) is 5.60. The zero-order chi connectivity index (χ0) is 19.3. The van der Waals surface area contributed by atoms with Crippen LogP contribution in [0.1, 0.15) is 73.8 Å². The van der Waals surface area contributed by atoms with E-state index in [1.165, 1.54) is 0 Å². The quantitative estimate of drug-likeness (QED) is 0.583. The van der Waals surface area contributed by atoms with E-state index in [0.717, 1.165) is 24.1 Å². The number of hydrogen-bond donors (Lipinski definition) is 1. The van der Waals surface area contributed by atoms with Gasteiger partial charge in [0.05, 0.1) is 5.41 Å². The number of carbonyl (C=O) groups is 1. The maximum atomic E-state index is 13.0. The van der Waals surface area contributed by atoms with Gasteiger partial charge >= 0.3 is 5.97 Å². The van der Waals surface area contributed by atoms with E-state index in [1.807, 2.05) is 12.1 Å². The highest BCUT2D eigenvalue weighted by Gasteiger charge is 2.50. The van der Waals surface area contributed by atoms with Crippen LogP contribution >= 0.6 is 0 Å². The molecule has 25 heavy (non-hydrogen) atoms. The Morgan fingerprint density at radius 1 is 1.08 bits per heavy atom. The molecule has 1 rings (SSSR count). The highest BCUT2D eigenvalue weighted by molar-refractivity contribution is 5.78. The number of benzene rings is 1. The number of hydrogen-bond acceptors (Lipinski definition) is 3. The summed E-state index contributed by atoms with van der Waals surface area (Å²) in [5, 5.41) is 3.44. The van der Waals surface area contributed by atoms with Crippen LogP contribution in [0.5, 0.6) is 0 Å². The lowest BCUT2D eigenvalue weighted by atomic mass is 9.59.